The summed E-state index contributed by atoms with van der Waals surface area (Å²) < 4.78 is 83.3. The molecule has 188 valence electrons. The summed E-state index contributed by atoms with van der Waals surface area (Å²) in [6, 6.07) is 9.30. The number of nitriles is 1. The number of anilines is 1. The number of halogens is 4. The molecule has 0 unspecified atom stereocenters. The topological polar surface area (TPSA) is 103 Å². The summed E-state index contributed by atoms with van der Waals surface area (Å²) in [5.41, 5.74) is 0.269. The third-order valence-corrected chi connectivity index (χ3v) is 6.82. The van der Waals surface area contributed by atoms with E-state index in [0.29, 0.717) is 18.8 Å². The van der Waals surface area contributed by atoms with Crippen molar-refractivity contribution in [2.45, 2.75) is 17.5 Å². The number of amides is 1. The first-order valence-electron chi connectivity index (χ1n) is 10.5. The van der Waals surface area contributed by atoms with Crippen LogP contribution in [0.5, 0.6) is 5.75 Å². The molecule has 0 spiro atoms. The van der Waals surface area contributed by atoms with E-state index in [1.54, 1.807) is 12.1 Å². The second-order valence-electron chi connectivity index (χ2n) is 7.63. The lowest BCUT2D eigenvalue weighted by Crippen LogP contribution is -2.49. The van der Waals surface area contributed by atoms with Crippen LogP contribution in [0.1, 0.15) is 22.3 Å². The molecule has 1 N–H and O–H groups in total. The molecule has 0 radical (unpaired) electrons. The van der Waals surface area contributed by atoms with Crippen molar-refractivity contribution in [3.8, 4) is 11.8 Å². The SMILES string of the molecule is CNS(=O)(=O)c1ccc(OCCC(F)(F)F)c(C(=O)N2CCN(c3ccc(C#N)c(F)c3)CC2)c1. The Bertz CT molecular complexity index is 1240. The first-order valence-corrected chi connectivity index (χ1v) is 11.9. The predicted molar refractivity (Wildman–Crippen MR) is 118 cm³/mol. The van der Waals surface area contributed by atoms with Crippen LogP contribution < -0.4 is 14.4 Å². The summed E-state index contributed by atoms with van der Waals surface area (Å²) in [6.45, 7) is 0.266. The highest BCUT2D eigenvalue weighted by Crippen LogP contribution is 2.27. The third kappa shape index (κ3) is 6.40. The van der Waals surface area contributed by atoms with Gasteiger partial charge in [0.25, 0.3) is 5.91 Å². The van der Waals surface area contributed by atoms with Crippen molar-refractivity contribution < 1.29 is 35.5 Å². The molecule has 1 heterocycles. The Morgan fingerprint density at radius 3 is 2.40 bits per heavy atom. The predicted octanol–water partition coefficient (Wildman–Crippen LogP) is 2.90. The number of nitrogens with zero attached hydrogens (tertiary/aromatic N) is 3. The van der Waals surface area contributed by atoms with Crippen molar-refractivity contribution in [3.05, 3.63) is 53.3 Å². The molecule has 1 saturated heterocycles. The zero-order valence-corrected chi connectivity index (χ0v) is 19.4. The van der Waals surface area contributed by atoms with Crippen molar-refractivity contribution in [2.24, 2.45) is 0 Å². The molecule has 0 atom stereocenters. The average molecular weight is 515 g/mol. The number of piperazine rings is 1. The van der Waals surface area contributed by atoms with Crippen molar-refractivity contribution in [3.63, 3.8) is 0 Å². The molecular formula is C22H22F4N4O4S. The third-order valence-electron chi connectivity index (χ3n) is 5.41. The maximum absolute atomic E-state index is 14.0. The van der Waals surface area contributed by atoms with Gasteiger partial charge in [0.05, 0.1) is 29.1 Å². The standard InChI is InChI=1S/C22H22F4N4O4S/c1-28-35(32,33)17-4-5-20(34-11-6-22(24,25)26)18(13-17)21(31)30-9-7-29(8-10-30)16-3-2-15(14-27)19(23)12-16/h2-5,12-13,28H,6-11H2,1H3. The van der Waals surface area contributed by atoms with Crippen molar-refractivity contribution in [1.82, 2.24) is 9.62 Å². The molecular weight excluding hydrogens is 492 g/mol. The molecule has 2 aromatic rings. The number of sulfonamides is 1. The van der Waals surface area contributed by atoms with E-state index in [2.05, 4.69) is 4.72 Å². The van der Waals surface area contributed by atoms with E-state index in [-0.39, 0.29) is 34.9 Å². The van der Waals surface area contributed by atoms with E-state index in [0.717, 1.165) is 18.2 Å². The highest BCUT2D eigenvalue weighted by Gasteiger charge is 2.29. The van der Waals surface area contributed by atoms with Gasteiger partial charge in [-0.05, 0) is 43.4 Å². The zero-order valence-electron chi connectivity index (χ0n) is 18.6. The summed E-state index contributed by atoms with van der Waals surface area (Å²) in [5, 5.41) is 8.87. The second kappa shape index (κ2) is 10.5. The molecule has 1 amide bonds. The van der Waals surface area contributed by atoms with Gasteiger partial charge < -0.3 is 14.5 Å². The minimum atomic E-state index is -4.46. The quantitative estimate of drug-likeness (QED) is 0.570. The Morgan fingerprint density at radius 2 is 1.83 bits per heavy atom. The molecule has 0 saturated carbocycles. The summed E-state index contributed by atoms with van der Waals surface area (Å²) >= 11 is 0. The van der Waals surface area contributed by atoms with Gasteiger partial charge in [0.15, 0.2) is 0 Å². The van der Waals surface area contributed by atoms with E-state index < -0.39 is 41.0 Å². The molecule has 1 fully saturated rings. The number of carbonyl (C=O) groups is 1. The number of hydrogen-bond donors (Lipinski definition) is 1. The molecule has 0 aliphatic carbocycles. The Balaban J connectivity index is 1.79. The van der Waals surface area contributed by atoms with Crippen molar-refractivity contribution >= 4 is 21.6 Å². The maximum Gasteiger partial charge on any atom is 0.392 e. The highest BCUT2D eigenvalue weighted by atomic mass is 32.2. The molecule has 35 heavy (non-hydrogen) atoms. The summed E-state index contributed by atoms with van der Waals surface area (Å²) in [6.07, 6.45) is -5.70. The fraction of sp³-hybridized carbons (Fsp3) is 0.364. The summed E-state index contributed by atoms with van der Waals surface area (Å²) in [5.74, 6) is -1.43. The monoisotopic (exact) mass is 514 g/mol. The van der Waals surface area contributed by atoms with Gasteiger partial charge in [-0.25, -0.2) is 17.5 Å². The van der Waals surface area contributed by atoms with Gasteiger partial charge in [0, 0.05) is 31.9 Å². The number of hydrogen-bond acceptors (Lipinski definition) is 6. The van der Waals surface area contributed by atoms with Gasteiger partial charge in [0.1, 0.15) is 17.6 Å². The van der Waals surface area contributed by atoms with Crippen LogP contribution in [0, 0.1) is 17.1 Å². The maximum atomic E-state index is 14.0. The van der Waals surface area contributed by atoms with Gasteiger partial charge in [0.2, 0.25) is 10.0 Å². The van der Waals surface area contributed by atoms with Gasteiger partial charge in [-0.2, -0.15) is 18.4 Å². The van der Waals surface area contributed by atoms with Crippen LogP contribution in [0.25, 0.3) is 0 Å². The molecule has 2 aromatic carbocycles. The number of benzene rings is 2. The largest absolute Gasteiger partial charge is 0.492 e. The molecule has 0 bridgehead atoms. The summed E-state index contributed by atoms with van der Waals surface area (Å²) in [7, 11) is -2.73. The minimum absolute atomic E-state index is 0.0861. The Kier molecular flexibility index (Phi) is 7.86. The Morgan fingerprint density at radius 1 is 1.14 bits per heavy atom. The van der Waals surface area contributed by atoms with E-state index in [9.17, 15) is 30.8 Å². The number of rotatable bonds is 7. The van der Waals surface area contributed by atoms with E-state index >= 15 is 0 Å². The lowest BCUT2D eigenvalue weighted by molar-refractivity contribution is -0.139. The number of carbonyl (C=O) groups excluding carboxylic acids is 1. The second-order valence-corrected chi connectivity index (χ2v) is 9.52. The highest BCUT2D eigenvalue weighted by molar-refractivity contribution is 7.89. The van der Waals surface area contributed by atoms with Gasteiger partial charge >= 0.3 is 6.18 Å². The first-order chi connectivity index (χ1) is 16.4. The van der Waals surface area contributed by atoms with Crippen LogP contribution in [-0.2, 0) is 10.0 Å². The van der Waals surface area contributed by atoms with Gasteiger partial charge in [-0.15, -0.1) is 0 Å². The molecule has 1 aliphatic rings. The van der Waals surface area contributed by atoms with Crippen LogP contribution >= 0.6 is 0 Å². The Labute approximate surface area is 199 Å². The first kappa shape index (κ1) is 26.2. The molecule has 1 aliphatic heterocycles. The van der Waals surface area contributed by atoms with Crippen LogP contribution in [0.3, 0.4) is 0 Å². The molecule has 13 heteroatoms. The molecule has 0 aromatic heterocycles. The summed E-state index contributed by atoms with van der Waals surface area (Å²) in [4.78, 5) is 16.2. The fourth-order valence-electron chi connectivity index (χ4n) is 3.49. The lowest BCUT2D eigenvalue weighted by atomic mass is 10.1. The zero-order chi connectivity index (χ0) is 25.8. The van der Waals surface area contributed by atoms with Crippen LogP contribution in [0.15, 0.2) is 41.3 Å². The normalized spacial score (nSPS) is 14.5. The number of ether oxygens (including phenoxy) is 1. The van der Waals surface area contributed by atoms with Crippen LogP contribution in [-0.4, -0.2) is 65.2 Å². The van der Waals surface area contributed by atoms with E-state index in [1.807, 2.05) is 4.90 Å². The van der Waals surface area contributed by atoms with Crippen molar-refractivity contribution in [1.29, 1.82) is 5.26 Å². The Hall–Kier alpha value is -3.37. The average Bonchev–Trinajstić information content (AvgIpc) is 2.83. The molecule has 3 rings (SSSR count). The minimum Gasteiger partial charge on any atom is -0.492 e. The van der Waals surface area contributed by atoms with E-state index in [1.165, 1.54) is 24.1 Å². The van der Waals surface area contributed by atoms with E-state index in [4.69, 9.17) is 10.00 Å². The van der Waals surface area contributed by atoms with Crippen molar-refractivity contribution in [2.75, 3.05) is 44.7 Å². The van der Waals surface area contributed by atoms with Crippen LogP contribution in [0.2, 0.25) is 0 Å². The van der Waals surface area contributed by atoms with Gasteiger partial charge in [-0.1, -0.05) is 0 Å². The number of nitrogens with one attached hydrogen (secondary N) is 1. The van der Waals surface area contributed by atoms with Crippen LogP contribution in [0.4, 0.5) is 23.2 Å². The smallest absolute Gasteiger partial charge is 0.392 e. The lowest BCUT2D eigenvalue weighted by Gasteiger charge is -2.36. The fourth-order valence-corrected chi connectivity index (χ4v) is 4.25. The number of alkyl halides is 3. The molecule has 8 nitrogen and oxygen atoms in total. The van der Waals surface area contributed by atoms with Gasteiger partial charge in [-0.3, -0.25) is 4.79 Å².